The maximum Gasteiger partial charge on any atom is 0.355 e. The summed E-state index contributed by atoms with van der Waals surface area (Å²) < 4.78 is 9.62. The molecule has 1 saturated carbocycles. The summed E-state index contributed by atoms with van der Waals surface area (Å²) in [5, 5.41) is 22.4. The van der Waals surface area contributed by atoms with Crippen LogP contribution in [0.25, 0.3) is 32.2 Å². The van der Waals surface area contributed by atoms with Gasteiger partial charge in [0, 0.05) is 75.8 Å². The minimum absolute atomic E-state index is 0.0219. The van der Waals surface area contributed by atoms with Gasteiger partial charge in [0.15, 0.2) is 10.8 Å². The number of imide groups is 1. The number of thiazole rings is 1. The van der Waals surface area contributed by atoms with E-state index < -0.39 is 11.9 Å². The van der Waals surface area contributed by atoms with Gasteiger partial charge in [-0.05, 0) is 128 Å². The zero-order valence-electron chi connectivity index (χ0n) is 41.6. The van der Waals surface area contributed by atoms with Crippen LogP contribution in [0.3, 0.4) is 0 Å². The molecule has 6 heterocycles. The Morgan fingerprint density at radius 1 is 0.849 bits per heavy atom. The first-order chi connectivity index (χ1) is 35.4. The van der Waals surface area contributed by atoms with E-state index in [0.29, 0.717) is 66.3 Å². The quantitative estimate of drug-likeness (QED) is 0.0936. The molecule has 3 aliphatic heterocycles. The van der Waals surface area contributed by atoms with Gasteiger partial charge in [-0.2, -0.15) is 5.10 Å². The van der Waals surface area contributed by atoms with E-state index in [4.69, 9.17) is 14.8 Å². The van der Waals surface area contributed by atoms with Gasteiger partial charge in [-0.15, -0.1) is 0 Å². The minimum Gasteiger partial charge on any atom is -0.490 e. The number of carboxylic acids is 1. The first-order valence-corrected chi connectivity index (χ1v) is 26.6. The Morgan fingerprint density at radius 2 is 1.64 bits per heavy atom. The van der Waals surface area contributed by atoms with Crippen LogP contribution in [0.5, 0.6) is 5.75 Å². The number of fused-ring (bicyclic) bond motifs is 3. The van der Waals surface area contributed by atoms with E-state index in [9.17, 15) is 24.3 Å². The number of amides is 3. The minimum atomic E-state index is -1.10. The maximum atomic E-state index is 13.7. The van der Waals surface area contributed by atoms with Crippen molar-refractivity contribution in [1.29, 1.82) is 0 Å². The Labute approximate surface area is 428 Å². The molecule has 16 heteroatoms. The van der Waals surface area contributed by atoms with Crippen molar-refractivity contribution in [3.8, 4) is 16.9 Å². The molecule has 2 saturated heterocycles. The normalized spacial score (nSPS) is 20.0. The van der Waals surface area contributed by atoms with Crippen LogP contribution in [-0.2, 0) is 29.6 Å². The molecule has 15 nitrogen and oxygen atoms in total. The fraction of sp³-hybridized carbons (Fsp3) is 0.386. The highest BCUT2D eigenvalue weighted by atomic mass is 32.1. The van der Waals surface area contributed by atoms with Crippen LogP contribution in [0.1, 0.15) is 101 Å². The van der Waals surface area contributed by atoms with E-state index in [0.717, 1.165) is 119 Å². The van der Waals surface area contributed by atoms with Gasteiger partial charge in [-0.1, -0.05) is 66.8 Å². The van der Waals surface area contributed by atoms with E-state index in [1.54, 1.807) is 0 Å². The number of hydrogen-bond acceptors (Lipinski definition) is 12. The highest BCUT2D eigenvalue weighted by Crippen LogP contribution is 2.39. The van der Waals surface area contributed by atoms with Gasteiger partial charge in [0.1, 0.15) is 11.6 Å². The summed E-state index contributed by atoms with van der Waals surface area (Å²) in [6, 6.07) is 29.4. The molecule has 7 aromatic rings. The number of aromatic carboxylic acids is 1. The van der Waals surface area contributed by atoms with Crippen molar-refractivity contribution in [3.05, 3.63) is 125 Å². The molecule has 3 aromatic heterocycles. The van der Waals surface area contributed by atoms with Crippen molar-refractivity contribution < 1.29 is 29.0 Å². The molecule has 376 valence electrons. The van der Waals surface area contributed by atoms with Crippen molar-refractivity contribution >= 4 is 72.8 Å². The van der Waals surface area contributed by atoms with Crippen molar-refractivity contribution in [2.75, 3.05) is 54.4 Å². The largest absolute Gasteiger partial charge is 0.490 e. The topological polar surface area (TPSA) is 175 Å². The van der Waals surface area contributed by atoms with Crippen molar-refractivity contribution in [1.82, 2.24) is 30.0 Å². The van der Waals surface area contributed by atoms with Gasteiger partial charge in [-0.3, -0.25) is 34.6 Å². The zero-order chi connectivity index (χ0) is 50.3. The summed E-state index contributed by atoms with van der Waals surface area (Å²) in [6.07, 6.45) is 6.95. The molecule has 11 rings (SSSR count). The van der Waals surface area contributed by atoms with E-state index in [-0.39, 0.29) is 29.5 Å². The standard InChI is InChI=1S/C57H61N9O6S/c1-34(32-64-27-29-65(30-28-64)46-14-7-12-42-51(62-63(3)53(42)46)43-22-24-50(67)60-55(43)69)31-36-17-19-38(20-18-36)72-47-15-8-10-39(35(47)2)40-21-23-49(59-52(40)56(70)71)66-26-25-37-9-6-11-41(44(37)33-66)54(68)61-57-58-45-13-4-5-16-48(45)73-57/h4-16,21,23,34,36,38,43H,17-20,22,24-33H2,1-3H3,(H,70,71)(H,58,61,68)(H,60,67,69)/t34-,36?,38?,43?/m1/s1. The number of aromatic nitrogens is 4. The third-order valence-corrected chi connectivity index (χ3v) is 16.5. The summed E-state index contributed by atoms with van der Waals surface area (Å²) in [5.74, 6) is 0.299. The van der Waals surface area contributed by atoms with Crippen LogP contribution in [0.4, 0.5) is 16.6 Å². The van der Waals surface area contributed by atoms with Crippen LogP contribution in [0, 0.1) is 18.8 Å². The molecule has 0 bridgehead atoms. The number of carbonyl (C=O) groups excluding carboxylic acids is 3. The fourth-order valence-electron chi connectivity index (χ4n) is 11.8. The Kier molecular flexibility index (Phi) is 13.4. The zero-order valence-corrected chi connectivity index (χ0v) is 42.4. The predicted molar refractivity (Wildman–Crippen MR) is 285 cm³/mol. The molecule has 3 N–H and O–H groups in total. The number of carboxylic acid groups (broad SMARTS) is 1. The second-order valence-electron chi connectivity index (χ2n) is 20.4. The van der Waals surface area contributed by atoms with Crippen LogP contribution in [0.15, 0.2) is 91.0 Å². The second kappa shape index (κ2) is 20.4. The molecular formula is C57H61N9O6S. The van der Waals surface area contributed by atoms with Crippen molar-refractivity contribution in [2.24, 2.45) is 18.9 Å². The highest BCUT2D eigenvalue weighted by Gasteiger charge is 2.34. The number of aryl methyl sites for hydroxylation is 1. The summed E-state index contributed by atoms with van der Waals surface area (Å²) in [7, 11) is 1.94. The average Bonchev–Trinajstić information content (AvgIpc) is 3.97. The number of para-hydroxylation sites is 2. The van der Waals surface area contributed by atoms with Crippen molar-refractivity contribution in [3.63, 3.8) is 0 Å². The molecule has 3 fully saturated rings. The number of nitrogens with zero attached hydrogens (tertiary/aromatic N) is 7. The molecule has 0 spiro atoms. The first-order valence-electron chi connectivity index (χ1n) is 25.7. The van der Waals surface area contributed by atoms with Gasteiger partial charge in [0.25, 0.3) is 5.91 Å². The average molecular weight is 1000 g/mol. The molecule has 4 aromatic carbocycles. The van der Waals surface area contributed by atoms with Crippen LogP contribution in [-0.4, -0.2) is 98.8 Å². The summed E-state index contributed by atoms with van der Waals surface area (Å²) in [4.78, 5) is 67.6. The highest BCUT2D eigenvalue weighted by molar-refractivity contribution is 7.22. The lowest BCUT2D eigenvalue weighted by atomic mass is 9.82. The summed E-state index contributed by atoms with van der Waals surface area (Å²) in [5.41, 5.74) is 8.49. The molecular weight excluding hydrogens is 939 g/mol. The SMILES string of the molecule is Cc1c(OC2CCC(C[C@@H](C)CN3CCN(c4cccc5c(C6CCC(=O)NC6=O)nn(C)c45)CC3)CC2)cccc1-c1ccc(N2CCc3cccc(C(=O)Nc4nc5ccccc5s4)c3C2)nc1C(=O)O. The van der Waals surface area contributed by atoms with Gasteiger partial charge in [-0.25, -0.2) is 14.8 Å². The number of piperidine rings is 1. The lowest BCUT2D eigenvalue weighted by Gasteiger charge is -2.38. The van der Waals surface area contributed by atoms with Crippen molar-refractivity contribution in [2.45, 2.75) is 83.8 Å². The molecule has 4 aliphatic rings. The van der Waals surface area contributed by atoms with Gasteiger partial charge in [0.05, 0.1) is 39.1 Å². The molecule has 1 aliphatic carbocycles. The molecule has 73 heavy (non-hydrogen) atoms. The fourth-order valence-corrected chi connectivity index (χ4v) is 12.7. The van der Waals surface area contributed by atoms with Crippen LogP contribution < -0.4 is 25.2 Å². The Bertz CT molecular complexity index is 3230. The lowest BCUT2D eigenvalue weighted by molar-refractivity contribution is -0.134. The van der Waals surface area contributed by atoms with E-state index in [1.165, 1.54) is 17.8 Å². The Balaban J connectivity index is 0.681. The lowest BCUT2D eigenvalue weighted by Crippen LogP contribution is -2.47. The summed E-state index contributed by atoms with van der Waals surface area (Å²) >= 11 is 1.44. The Hall–Kier alpha value is -7.17. The number of anilines is 3. The molecule has 3 amide bonds. The predicted octanol–water partition coefficient (Wildman–Crippen LogP) is 9.37. The third kappa shape index (κ3) is 9.89. The number of benzene rings is 4. The smallest absolute Gasteiger partial charge is 0.355 e. The monoisotopic (exact) mass is 999 g/mol. The number of pyridine rings is 1. The number of ether oxygens (including phenoxy) is 1. The Morgan fingerprint density at radius 3 is 2.44 bits per heavy atom. The number of nitrogens with one attached hydrogen (secondary N) is 2. The van der Waals surface area contributed by atoms with Gasteiger partial charge in [0.2, 0.25) is 11.8 Å². The second-order valence-corrected chi connectivity index (χ2v) is 21.5. The number of carbonyl (C=O) groups is 4. The van der Waals surface area contributed by atoms with Crippen LogP contribution >= 0.6 is 11.3 Å². The van der Waals surface area contributed by atoms with E-state index in [1.807, 2.05) is 102 Å². The van der Waals surface area contributed by atoms with E-state index in [2.05, 4.69) is 44.5 Å². The number of hydrogen-bond donors (Lipinski definition) is 3. The van der Waals surface area contributed by atoms with E-state index >= 15 is 0 Å². The van der Waals surface area contributed by atoms with Crippen LogP contribution in [0.2, 0.25) is 0 Å². The third-order valence-electron chi connectivity index (χ3n) is 15.6. The van der Waals surface area contributed by atoms with Gasteiger partial charge < -0.3 is 19.6 Å². The molecule has 0 radical (unpaired) electrons. The maximum absolute atomic E-state index is 13.7. The molecule has 2 atom stereocenters. The number of rotatable bonds is 13. The molecule has 1 unspecified atom stereocenters. The summed E-state index contributed by atoms with van der Waals surface area (Å²) in [6.45, 7) is 10.3. The number of piperazine rings is 1. The first kappa shape index (κ1) is 48.1. The van der Waals surface area contributed by atoms with Gasteiger partial charge >= 0.3 is 5.97 Å².